The van der Waals surface area contributed by atoms with E-state index < -0.39 is 0 Å². The lowest BCUT2D eigenvalue weighted by molar-refractivity contribution is 0.164. The van der Waals surface area contributed by atoms with Gasteiger partial charge in [-0.2, -0.15) is 0 Å². The number of aryl methyl sites for hydroxylation is 1. The minimum atomic E-state index is -0.241. The number of benzene rings is 1. The van der Waals surface area contributed by atoms with Gasteiger partial charge >= 0.3 is 5.63 Å². The van der Waals surface area contributed by atoms with Crippen LogP contribution in [0.4, 0.5) is 0 Å². The first kappa shape index (κ1) is 16.1. The first-order chi connectivity index (χ1) is 11.2. The predicted octanol–water partition coefficient (Wildman–Crippen LogP) is 5.09. The van der Waals surface area contributed by atoms with Crippen LogP contribution in [-0.4, -0.2) is 6.10 Å². The number of hydrogen-bond acceptors (Lipinski definition) is 3. The lowest BCUT2D eigenvalue weighted by atomic mass is 9.98. The molecule has 3 heteroatoms. The smallest absolute Gasteiger partial charge is 0.339 e. The van der Waals surface area contributed by atoms with Crippen LogP contribution in [0.25, 0.3) is 11.0 Å². The summed E-state index contributed by atoms with van der Waals surface area (Å²) >= 11 is 0. The van der Waals surface area contributed by atoms with Crippen LogP contribution in [0.2, 0.25) is 0 Å². The van der Waals surface area contributed by atoms with E-state index in [4.69, 9.17) is 9.15 Å². The molecule has 1 saturated carbocycles. The first-order valence-electron chi connectivity index (χ1n) is 8.93. The van der Waals surface area contributed by atoms with Crippen LogP contribution in [0.1, 0.15) is 57.9 Å². The highest BCUT2D eigenvalue weighted by Crippen LogP contribution is 2.31. The van der Waals surface area contributed by atoms with Gasteiger partial charge in [0.05, 0.1) is 6.10 Å². The number of fused-ring (bicyclic) bond motifs is 1. The van der Waals surface area contributed by atoms with E-state index in [2.05, 4.69) is 6.92 Å². The average Bonchev–Trinajstić information content (AvgIpc) is 3.06. The quantitative estimate of drug-likeness (QED) is 0.697. The number of rotatable bonds is 6. The maximum absolute atomic E-state index is 11.9. The second-order valence-corrected chi connectivity index (χ2v) is 6.65. The fraction of sp³-hybridized carbons (Fsp3) is 0.550. The largest absolute Gasteiger partial charge is 0.490 e. The van der Waals surface area contributed by atoms with Crippen LogP contribution in [-0.2, 0) is 6.42 Å². The Kier molecular flexibility index (Phi) is 5.04. The Hall–Kier alpha value is -1.77. The van der Waals surface area contributed by atoms with Gasteiger partial charge in [-0.1, -0.05) is 39.5 Å². The summed E-state index contributed by atoms with van der Waals surface area (Å²) in [7, 11) is 0. The molecule has 0 radical (unpaired) electrons. The summed E-state index contributed by atoms with van der Waals surface area (Å²) in [6.07, 6.45) is 8.48. The van der Waals surface area contributed by atoms with Crippen LogP contribution < -0.4 is 10.4 Å². The Morgan fingerprint density at radius 1 is 1.22 bits per heavy atom. The second kappa shape index (κ2) is 7.20. The molecular formula is C20H26O3. The van der Waals surface area contributed by atoms with E-state index in [1.165, 1.54) is 25.7 Å². The normalized spacial score (nSPS) is 16.8. The van der Waals surface area contributed by atoms with E-state index >= 15 is 0 Å². The van der Waals surface area contributed by atoms with Crippen molar-refractivity contribution in [3.63, 3.8) is 0 Å². The Morgan fingerprint density at radius 3 is 2.70 bits per heavy atom. The van der Waals surface area contributed by atoms with Crippen LogP contribution in [0.3, 0.4) is 0 Å². The third kappa shape index (κ3) is 3.77. The summed E-state index contributed by atoms with van der Waals surface area (Å²) in [5.41, 5.74) is 1.09. The SMILES string of the molecule is CCc1cc2ccc(O[C@H](CC)CC3CCCC3)cc2oc1=O. The van der Waals surface area contributed by atoms with Gasteiger partial charge in [-0.05, 0) is 43.4 Å². The molecule has 124 valence electrons. The second-order valence-electron chi connectivity index (χ2n) is 6.65. The number of hydrogen-bond donors (Lipinski definition) is 0. The molecule has 1 aromatic heterocycles. The molecule has 0 bridgehead atoms. The Balaban J connectivity index is 1.77. The summed E-state index contributed by atoms with van der Waals surface area (Å²) in [4.78, 5) is 11.9. The topological polar surface area (TPSA) is 39.4 Å². The lowest BCUT2D eigenvalue weighted by Gasteiger charge is -2.21. The lowest BCUT2D eigenvalue weighted by Crippen LogP contribution is -2.18. The fourth-order valence-corrected chi connectivity index (χ4v) is 3.56. The molecule has 1 aromatic carbocycles. The van der Waals surface area contributed by atoms with Crippen LogP contribution in [0.15, 0.2) is 33.5 Å². The molecule has 23 heavy (non-hydrogen) atoms. The van der Waals surface area contributed by atoms with Gasteiger partial charge in [0.2, 0.25) is 0 Å². The minimum Gasteiger partial charge on any atom is -0.490 e. The molecular weight excluding hydrogens is 288 g/mol. The Morgan fingerprint density at radius 2 is 2.00 bits per heavy atom. The molecule has 1 fully saturated rings. The van der Waals surface area contributed by atoms with Crippen LogP contribution in [0, 0.1) is 5.92 Å². The molecule has 0 N–H and O–H groups in total. The van der Waals surface area contributed by atoms with Crippen molar-refractivity contribution in [2.75, 3.05) is 0 Å². The van der Waals surface area contributed by atoms with Gasteiger partial charge in [0, 0.05) is 17.0 Å². The molecule has 2 aromatic rings. The molecule has 0 amide bonds. The van der Waals surface area contributed by atoms with E-state index in [0.29, 0.717) is 12.0 Å². The van der Waals surface area contributed by atoms with Gasteiger partial charge in [0.15, 0.2) is 0 Å². The molecule has 0 spiro atoms. The molecule has 1 aliphatic carbocycles. The highest BCUT2D eigenvalue weighted by Gasteiger charge is 2.20. The van der Waals surface area contributed by atoms with Crippen molar-refractivity contribution >= 4 is 11.0 Å². The van der Waals surface area contributed by atoms with Gasteiger partial charge < -0.3 is 9.15 Å². The molecule has 0 unspecified atom stereocenters. The summed E-state index contributed by atoms with van der Waals surface area (Å²) in [5, 5.41) is 0.956. The predicted molar refractivity (Wildman–Crippen MR) is 93.1 cm³/mol. The van der Waals surface area contributed by atoms with Gasteiger partial charge in [-0.3, -0.25) is 0 Å². The third-order valence-electron chi connectivity index (χ3n) is 4.99. The van der Waals surface area contributed by atoms with Crippen molar-refractivity contribution in [1.29, 1.82) is 0 Å². The van der Waals surface area contributed by atoms with Crippen LogP contribution in [0.5, 0.6) is 5.75 Å². The van der Waals surface area contributed by atoms with Crippen molar-refractivity contribution in [2.24, 2.45) is 5.92 Å². The summed E-state index contributed by atoms with van der Waals surface area (Å²) in [6, 6.07) is 7.74. The van der Waals surface area contributed by atoms with Crippen molar-refractivity contribution in [3.8, 4) is 5.75 Å². The first-order valence-corrected chi connectivity index (χ1v) is 8.93. The molecule has 3 nitrogen and oxygen atoms in total. The zero-order valence-corrected chi connectivity index (χ0v) is 14.1. The maximum atomic E-state index is 11.9. The highest BCUT2D eigenvalue weighted by atomic mass is 16.5. The zero-order valence-electron chi connectivity index (χ0n) is 14.1. The third-order valence-corrected chi connectivity index (χ3v) is 4.99. The van der Waals surface area contributed by atoms with Crippen molar-refractivity contribution in [3.05, 3.63) is 40.2 Å². The maximum Gasteiger partial charge on any atom is 0.339 e. The highest BCUT2D eigenvalue weighted by molar-refractivity contribution is 5.78. The standard InChI is InChI=1S/C20H26O3/c1-3-15-12-16-9-10-18(13-19(16)23-20(15)21)22-17(4-2)11-14-7-5-6-8-14/h9-10,12-14,17H,3-8,11H2,1-2H3/t17-/m1/s1. The van der Waals surface area contributed by atoms with Gasteiger partial charge in [0.25, 0.3) is 0 Å². The number of ether oxygens (including phenoxy) is 1. The van der Waals surface area contributed by atoms with E-state index in [0.717, 1.165) is 35.5 Å². The summed E-state index contributed by atoms with van der Waals surface area (Å²) < 4.78 is 11.6. The van der Waals surface area contributed by atoms with Gasteiger partial charge in [-0.15, -0.1) is 0 Å². The molecule has 1 aliphatic rings. The zero-order chi connectivity index (χ0) is 16.2. The van der Waals surface area contributed by atoms with E-state index in [1.54, 1.807) is 0 Å². The summed E-state index contributed by atoms with van der Waals surface area (Å²) in [6.45, 7) is 4.14. The van der Waals surface area contributed by atoms with Gasteiger partial charge in [-0.25, -0.2) is 4.79 Å². The van der Waals surface area contributed by atoms with Crippen molar-refractivity contribution in [2.45, 2.75) is 64.9 Å². The monoisotopic (exact) mass is 314 g/mol. The average molecular weight is 314 g/mol. The molecule has 0 aliphatic heterocycles. The minimum absolute atomic E-state index is 0.241. The van der Waals surface area contributed by atoms with Crippen molar-refractivity contribution in [1.82, 2.24) is 0 Å². The Bertz CT molecular complexity index is 710. The van der Waals surface area contributed by atoms with Crippen molar-refractivity contribution < 1.29 is 9.15 Å². The molecule has 1 heterocycles. The molecule has 0 saturated heterocycles. The van der Waals surface area contributed by atoms with Gasteiger partial charge in [0.1, 0.15) is 11.3 Å². The van der Waals surface area contributed by atoms with E-state index in [-0.39, 0.29) is 11.7 Å². The van der Waals surface area contributed by atoms with E-state index in [1.807, 2.05) is 31.2 Å². The fourth-order valence-electron chi connectivity index (χ4n) is 3.56. The Labute approximate surface area is 137 Å². The molecule has 3 rings (SSSR count). The van der Waals surface area contributed by atoms with E-state index in [9.17, 15) is 4.79 Å². The molecule has 1 atom stereocenters. The summed E-state index contributed by atoms with van der Waals surface area (Å²) in [5.74, 6) is 1.61. The van der Waals surface area contributed by atoms with Crippen LogP contribution >= 0.6 is 0 Å².